The van der Waals surface area contributed by atoms with Crippen LogP contribution < -0.4 is 5.32 Å². The van der Waals surface area contributed by atoms with Crippen LogP contribution in [0.3, 0.4) is 0 Å². The zero-order valence-corrected chi connectivity index (χ0v) is 16.5. The molecule has 0 spiro atoms. The summed E-state index contributed by atoms with van der Waals surface area (Å²) < 4.78 is 5.85. The minimum atomic E-state index is 0.0881. The highest BCUT2D eigenvalue weighted by atomic mass is 16.3. The fourth-order valence-electron chi connectivity index (χ4n) is 3.85. The van der Waals surface area contributed by atoms with Crippen molar-refractivity contribution in [1.82, 2.24) is 10.3 Å². The van der Waals surface area contributed by atoms with E-state index in [1.165, 1.54) is 16.5 Å². The molecule has 3 heteroatoms. The molecule has 0 unspecified atom stereocenters. The first kappa shape index (κ1) is 18.3. The van der Waals surface area contributed by atoms with E-state index in [-0.39, 0.29) is 6.04 Å². The number of rotatable bonds is 6. The van der Waals surface area contributed by atoms with Gasteiger partial charge < -0.3 is 9.73 Å². The van der Waals surface area contributed by atoms with Gasteiger partial charge in [0.25, 0.3) is 0 Å². The lowest BCUT2D eigenvalue weighted by atomic mass is 9.99. The summed E-state index contributed by atoms with van der Waals surface area (Å²) in [4.78, 5) is 4.76. The van der Waals surface area contributed by atoms with Gasteiger partial charge in [-0.1, -0.05) is 97.1 Å². The summed E-state index contributed by atoms with van der Waals surface area (Å²) in [6, 6.07) is 35.6. The number of fused-ring (bicyclic) bond motifs is 1. The summed E-state index contributed by atoms with van der Waals surface area (Å²) in [7, 11) is 0. The van der Waals surface area contributed by atoms with E-state index in [0.29, 0.717) is 12.4 Å². The Labute approximate surface area is 176 Å². The summed E-state index contributed by atoms with van der Waals surface area (Å²) in [5.41, 5.74) is 4.35. The van der Waals surface area contributed by atoms with Crippen LogP contribution in [0, 0.1) is 0 Å². The number of oxazole rings is 1. The van der Waals surface area contributed by atoms with Crippen molar-refractivity contribution >= 4 is 10.8 Å². The molecule has 30 heavy (non-hydrogen) atoms. The molecular weight excluding hydrogens is 368 g/mol. The molecular formula is C27H22N2O. The highest BCUT2D eigenvalue weighted by Crippen LogP contribution is 2.28. The Balaban J connectivity index is 1.40. The van der Waals surface area contributed by atoms with E-state index in [1.807, 2.05) is 30.3 Å². The summed E-state index contributed by atoms with van der Waals surface area (Å²) in [5, 5.41) is 5.98. The predicted molar refractivity (Wildman–Crippen MR) is 121 cm³/mol. The van der Waals surface area contributed by atoms with Gasteiger partial charge in [0.05, 0.1) is 11.7 Å². The molecule has 0 aliphatic heterocycles. The van der Waals surface area contributed by atoms with Crippen LogP contribution in [0.25, 0.3) is 22.2 Å². The number of aromatic nitrogens is 1. The molecule has 1 aromatic heterocycles. The van der Waals surface area contributed by atoms with Gasteiger partial charge in [0.1, 0.15) is 6.26 Å². The van der Waals surface area contributed by atoms with Crippen molar-refractivity contribution in [3.05, 3.63) is 126 Å². The van der Waals surface area contributed by atoms with E-state index < -0.39 is 0 Å². The Morgan fingerprint density at radius 2 is 1.33 bits per heavy atom. The predicted octanol–water partition coefficient (Wildman–Crippen LogP) is 6.37. The number of nitrogens with zero attached hydrogens (tertiary/aromatic N) is 1. The molecule has 5 aromatic rings. The van der Waals surface area contributed by atoms with Crippen molar-refractivity contribution in [2.45, 2.75) is 12.6 Å². The first-order valence-corrected chi connectivity index (χ1v) is 10.1. The third-order valence-electron chi connectivity index (χ3n) is 5.32. The van der Waals surface area contributed by atoms with Gasteiger partial charge in [-0.25, -0.2) is 4.98 Å². The number of hydrogen-bond acceptors (Lipinski definition) is 3. The minimum absolute atomic E-state index is 0.0881. The third-order valence-corrected chi connectivity index (χ3v) is 5.32. The van der Waals surface area contributed by atoms with Gasteiger partial charge in [0.2, 0.25) is 5.89 Å². The molecule has 3 nitrogen and oxygen atoms in total. The van der Waals surface area contributed by atoms with Crippen molar-refractivity contribution in [2.75, 3.05) is 0 Å². The van der Waals surface area contributed by atoms with E-state index in [2.05, 4.69) is 78.1 Å². The van der Waals surface area contributed by atoms with Crippen LogP contribution in [0.2, 0.25) is 0 Å². The smallest absolute Gasteiger partial charge is 0.226 e. The maximum absolute atomic E-state index is 5.85. The molecule has 0 fully saturated rings. The van der Waals surface area contributed by atoms with Gasteiger partial charge in [0.15, 0.2) is 0 Å². The Bertz CT molecular complexity index is 1200. The lowest BCUT2D eigenvalue weighted by Crippen LogP contribution is -2.22. The third kappa shape index (κ3) is 3.76. The van der Waals surface area contributed by atoms with Gasteiger partial charge in [-0.05, 0) is 28.0 Å². The average Bonchev–Trinajstić information content (AvgIpc) is 3.29. The Morgan fingerprint density at radius 1 is 0.700 bits per heavy atom. The number of hydrogen-bond donors (Lipinski definition) is 1. The Kier molecular flexibility index (Phi) is 5.11. The zero-order valence-electron chi connectivity index (χ0n) is 16.5. The SMILES string of the molecule is c1ccc(C(NCc2coc(-c3cccc4ccccc34)n2)c2ccccc2)cc1. The quantitative estimate of drug-likeness (QED) is 0.366. The molecule has 146 valence electrons. The fourth-order valence-corrected chi connectivity index (χ4v) is 3.85. The van der Waals surface area contributed by atoms with Crippen LogP contribution >= 0.6 is 0 Å². The van der Waals surface area contributed by atoms with Gasteiger partial charge >= 0.3 is 0 Å². The van der Waals surface area contributed by atoms with Crippen molar-refractivity contribution in [2.24, 2.45) is 0 Å². The maximum Gasteiger partial charge on any atom is 0.226 e. The summed E-state index contributed by atoms with van der Waals surface area (Å²) in [6.07, 6.45) is 1.75. The maximum atomic E-state index is 5.85. The standard InChI is InChI=1S/C27H22N2O/c1-3-11-21(12-4-1)26(22-13-5-2-6-14-22)28-18-23-19-30-27(29-23)25-17-9-15-20-10-7-8-16-24(20)25/h1-17,19,26,28H,18H2. The van der Waals surface area contributed by atoms with Gasteiger partial charge in [-0.2, -0.15) is 0 Å². The van der Waals surface area contributed by atoms with Crippen molar-refractivity contribution in [1.29, 1.82) is 0 Å². The van der Waals surface area contributed by atoms with Crippen molar-refractivity contribution < 1.29 is 4.42 Å². The molecule has 0 saturated carbocycles. The summed E-state index contributed by atoms with van der Waals surface area (Å²) >= 11 is 0. The Hall–Kier alpha value is -3.69. The first-order chi connectivity index (χ1) is 14.9. The molecule has 0 aliphatic carbocycles. The second kappa shape index (κ2) is 8.36. The second-order valence-corrected chi connectivity index (χ2v) is 7.31. The van der Waals surface area contributed by atoms with Crippen LogP contribution in [-0.2, 0) is 6.54 Å². The molecule has 0 radical (unpaired) electrons. The number of benzene rings is 4. The van der Waals surface area contributed by atoms with Crippen LogP contribution in [0.4, 0.5) is 0 Å². The molecule has 0 amide bonds. The lowest BCUT2D eigenvalue weighted by Gasteiger charge is -2.19. The van der Waals surface area contributed by atoms with Crippen LogP contribution in [0.5, 0.6) is 0 Å². The van der Waals surface area contributed by atoms with E-state index in [9.17, 15) is 0 Å². The minimum Gasteiger partial charge on any atom is -0.444 e. The van der Waals surface area contributed by atoms with Gasteiger partial charge in [-0.3, -0.25) is 0 Å². The van der Waals surface area contributed by atoms with E-state index in [1.54, 1.807) is 6.26 Å². The average molecular weight is 390 g/mol. The van der Waals surface area contributed by atoms with Gasteiger partial charge in [-0.15, -0.1) is 0 Å². The Morgan fingerprint density at radius 3 is 2.07 bits per heavy atom. The van der Waals surface area contributed by atoms with E-state index in [4.69, 9.17) is 9.40 Å². The highest BCUT2D eigenvalue weighted by molar-refractivity contribution is 5.94. The summed E-state index contributed by atoms with van der Waals surface area (Å²) in [6.45, 7) is 0.614. The largest absolute Gasteiger partial charge is 0.444 e. The molecule has 0 atom stereocenters. The monoisotopic (exact) mass is 390 g/mol. The summed E-state index contributed by atoms with van der Waals surface area (Å²) in [5.74, 6) is 0.652. The molecule has 0 bridgehead atoms. The van der Waals surface area contributed by atoms with Crippen molar-refractivity contribution in [3.63, 3.8) is 0 Å². The zero-order chi connectivity index (χ0) is 20.2. The lowest BCUT2D eigenvalue weighted by molar-refractivity contribution is 0.564. The van der Waals surface area contributed by atoms with E-state index >= 15 is 0 Å². The molecule has 0 aliphatic rings. The second-order valence-electron chi connectivity index (χ2n) is 7.31. The topological polar surface area (TPSA) is 38.1 Å². The molecule has 0 saturated heterocycles. The van der Waals surface area contributed by atoms with Crippen LogP contribution in [0.1, 0.15) is 22.9 Å². The van der Waals surface area contributed by atoms with Crippen LogP contribution in [0.15, 0.2) is 114 Å². The first-order valence-electron chi connectivity index (χ1n) is 10.1. The molecule has 5 rings (SSSR count). The van der Waals surface area contributed by atoms with Crippen molar-refractivity contribution in [3.8, 4) is 11.5 Å². The van der Waals surface area contributed by atoms with Gasteiger partial charge in [0, 0.05) is 12.1 Å². The molecule has 1 N–H and O–H groups in total. The molecule has 1 heterocycles. The van der Waals surface area contributed by atoms with Crippen LogP contribution in [-0.4, -0.2) is 4.98 Å². The normalized spacial score (nSPS) is 11.2. The highest BCUT2D eigenvalue weighted by Gasteiger charge is 2.15. The molecule has 4 aromatic carbocycles. The fraction of sp³-hybridized carbons (Fsp3) is 0.0741. The van der Waals surface area contributed by atoms with E-state index in [0.717, 1.165) is 16.6 Å². The number of nitrogens with one attached hydrogen (secondary N) is 1.